The molecule has 2 saturated heterocycles. The minimum absolute atomic E-state index is 0.134. The topological polar surface area (TPSA) is 69.9 Å². The summed E-state index contributed by atoms with van der Waals surface area (Å²) in [7, 11) is -3.29. The second-order valence-electron chi connectivity index (χ2n) is 6.20. The van der Waals surface area contributed by atoms with E-state index in [0.29, 0.717) is 32.2 Å². The molecule has 0 aliphatic carbocycles. The largest absolute Gasteiger partial charge is 0.329 e. The van der Waals surface area contributed by atoms with Gasteiger partial charge in [-0.25, -0.2) is 0 Å². The summed E-state index contributed by atoms with van der Waals surface area (Å²) in [6.45, 7) is 8.22. The average molecular weight is 318 g/mol. The van der Waals surface area contributed by atoms with Gasteiger partial charge in [0.25, 0.3) is 10.2 Å². The van der Waals surface area contributed by atoms with Crippen molar-refractivity contribution in [2.75, 3.05) is 39.3 Å². The van der Waals surface area contributed by atoms with Gasteiger partial charge in [0.1, 0.15) is 0 Å². The van der Waals surface area contributed by atoms with E-state index in [-0.39, 0.29) is 6.04 Å². The van der Waals surface area contributed by atoms with Crippen LogP contribution < -0.4 is 5.73 Å². The third kappa shape index (κ3) is 3.76. The SMILES string of the molecule is CCC(CN)N1CCN(S(=O)(=O)N2CCCCC2C)CC1. The number of piperazine rings is 1. The van der Waals surface area contributed by atoms with E-state index in [9.17, 15) is 8.42 Å². The third-order valence-corrected chi connectivity index (χ3v) is 7.05. The molecule has 2 rings (SSSR count). The molecule has 0 aromatic carbocycles. The lowest BCUT2D eigenvalue weighted by atomic mass is 10.1. The van der Waals surface area contributed by atoms with Crippen LogP contribution >= 0.6 is 0 Å². The third-order valence-electron chi connectivity index (χ3n) is 4.90. The van der Waals surface area contributed by atoms with Gasteiger partial charge in [0.05, 0.1) is 0 Å². The molecule has 2 fully saturated rings. The summed E-state index contributed by atoms with van der Waals surface area (Å²) >= 11 is 0. The lowest BCUT2D eigenvalue weighted by molar-refractivity contribution is 0.129. The fraction of sp³-hybridized carbons (Fsp3) is 1.00. The van der Waals surface area contributed by atoms with E-state index >= 15 is 0 Å². The highest BCUT2D eigenvalue weighted by molar-refractivity contribution is 7.86. The van der Waals surface area contributed by atoms with Crippen molar-refractivity contribution in [2.45, 2.75) is 51.6 Å². The van der Waals surface area contributed by atoms with Crippen molar-refractivity contribution in [3.63, 3.8) is 0 Å². The normalized spacial score (nSPS) is 28.6. The first-order valence-corrected chi connectivity index (χ1v) is 9.61. The number of piperidine rings is 1. The molecule has 2 unspecified atom stereocenters. The van der Waals surface area contributed by atoms with Crippen LogP contribution in [-0.4, -0.2) is 73.3 Å². The van der Waals surface area contributed by atoms with E-state index in [1.54, 1.807) is 8.61 Å². The standard InChI is InChI=1S/C14H30N4O2S/c1-3-14(12-15)16-8-10-17(11-9-16)21(19,20)18-7-5-4-6-13(18)2/h13-14H,3-12,15H2,1-2H3. The quantitative estimate of drug-likeness (QED) is 0.799. The van der Waals surface area contributed by atoms with Crippen LogP contribution in [0, 0.1) is 0 Å². The molecule has 0 amide bonds. The van der Waals surface area contributed by atoms with E-state index < -0.39 is 10.2 Å². The number of hydrogen-bond acceptors (Lipinski definition) is 4. The molecular weight excluding hydrogens is 288 g/mol. The monoisotopic (exact) mass is 318 g/mol. The van der Waals surface area contributed by atoms with Gasteiger partial charge in [-0.3, -0.25) is 4.90 Å². The van der Waals surface area contributed by atoms with Crippen molar-refractivity contribution in [2.24, 2.45) is 5.73 Å². The summed E-state index contributed by atoms with van der Waals surface area (Å²) in [4.78, 5) is 2.33. The first-order valence-electron chi connectivity index (χ1n) is 8.21. The lowest BCUT2D eigenvalue weighted by Crippen LogP contribution is -2.57. The van der Waals surface area contributed by atoms with Crippen molar-refractivity contribution in [1.82, 2.24) is 13.5 Å². The van der Waals surface area contributed by atoms with Gasteiger partial charge < -0.3 is 5.73 Å². The first-order chi connectivity index (χ1) is 10.0. The van der Waals surface area contributed by atoms with Crippen LogP contribution in [0.1, 0.15) is 39.5 Å². The number of nitrogens with zero attached hydrogens (tertiary/aromatic N) is 3. The molecule has 0 aromatic heterocycles. The highest BCUT2D eigenvalue weighted by atomic mass is 32.2. The second-order valence-corrected chi connectivity index (χ2v) is 8.08. The van der Waals surface area contributed by atoms with Crippen LogP contribution in [-0.2, 0) is 10.2 Å². The predicted octanol–water partition coefficient (Wildman–Crippen LogP) is 0.461. The Morgan fingerprint density at radius 1 is 1.14 bits per heavy atom. The van der Waals surface area contributed by atoms with Crippen molar-refractivity contribution in [3.8, 4) is 0 Å². The molecule has 6 nitrogen and oxygen atoms in total. The van der Waals surface area contributed by atoms with Gasteiger partial charge >= 0.3 is 0 Å². The Labute approximate surface area is 129 Å². The van der Waals surface area contributed by atoms with Crippen LogP contribution in [0.15, 0.2) is 0 Å². The zero-order valence-corrected chi connectivity index (χ0v) is 14.2. The molecule has 2 N–H and O–H groups in total. The van der Waals surface area contributed by atoms with Crippen LogP contribution in [0.5, 0.6) is 0 Å². The summed E-state index contributed by atoms with van der Waals surface area (Å²) < 4.78 is 28.9. The Balaban J connectivity index is 1.97. The predicted molar refractivity (Wildman–Crippen MR) is 85.2 cm³/mol. The maximum absolute atomic E-state index is 12.8. The van der Waals surface area contributed by atoms with Crippen molar-refractivity contribution >= 4 is 10.2 Å². The van der Waals surface area contributed by atoms with Gasteiger partial charge in [-0.15, -0.1) is 0 Å². The average Bonchev–Trinajstić information content (AvgIpc) is 2.49. The van der Waals surface area contributed by atoms with Gasteiger partial charge in [-0.1, -0.05) is 13.3 Å². The van der Waals surface area contributed by atoms with Crippen LogP contribution in [0.4, 0.5) is 0 Å². The summed E-state index contributed by atoms with van der Waals surface area (Å²) in [5.41, 5.74) is 5.79. The number of hydrogen-bond donors (Lipinski definition) is 1. The maximum Gasteiger partial charge on any atom is 0.282 e. The van der Waals surface area contributed by atoms with Crippen molar-refractivity contribution < 1.29 is 8.42 Å². The maximum atomic E-state index is 12.8. The molecule has 2 heterocycles. The summed E-state index contributed by atoms with van der Waals surface area (Å²) in [5.74, 6) is 0. The molecule has 0 saturated carbocycles. The Kier molecular flexibility index (Phi) is 6.02. The molecule has 0 aromatic rings. The molecule has 7 heteroatoms. The number of nitrogens with two attached hydrogens (primary N) is 1. The first kappa shape index (κ1) is 17.1. The van der Waals surface area contributed by atoms with Gasteiger partial charge in [-0.2, -0.15) is 17.0 Å². The Morgan fingerprint density at radius 2 is 1.81 bits per heavy atom. The van der Waals surface area contributed by atoms with Gasteiger partial charge in [0.15, 0.2) is 0 Å². The van der Waals surface area contributed by atoms with Gasteiger partial charge in [0.2, 0.25) is 0 Å². The van der Waals surface area contributed by atoms with E-state index in [4.69, 9.17) is 5.73 Å². The van der Waals surface area contributed by atoms with Crippen molar-refractivity contribution in [1.29, 1.82) is 0 Å². The molecule has 2 aliphatic heterocycles. The highest BCUT2D eigenvalue weighted by Gasteiger charge is 2.36. The Morgan fingerprint density at radius 3 is 2.33 bits per heavy atom. The zero-order valence-electron chi connectivity index (χ0n) is 13.4. The minimum Gasteiger partial charge on any atom is -0.329 e. The zero-order chi connectivity index (χ0) is 15.5. The molecule has 0 radical (unpaired) electrons. The molecule has 2 aliphatic rings. The summed E-state index contributed by atoms with van der Waals surface area (Å²) in [6.07, 6.45) is 4.11. The smallest absolute Gasteiger partial charge is 0.282 e. The second kappa shape index (κ2) is 7.37. The molecular formula is C14H30N4O2S. The van der Waals surface area contributed by atoms with Crippen LogP contribution in [0.3, 0.4) is 0 Å². The molecule has 0 bridgehead atoms. The van der Waals surface area contributed by atoms with E-state index in [1.807, 2.05) is 6.92 Å². The lowest BCUT2D eigenvalue weighted by Gasteiger charge is -2.41. The molecule has 21 heavy (non-hydrogen) atoms. The fourth-order valence-electron chi connectivity index (χ4n) is 3.44. The highest BCUT2D eigenvalue weighted by Crippen LogP contribution is 2.23. The minimum atomic E-state index is -3.29. The van der Waals surface area contributed by atoms with Gasteiger partial charge in [0, 0.05) is 51.4 Å². The van der Waals surface area contributed by atoms with Crippen molar-refractivity contribution in [3.05, 3.63) is 0 Å². The van der Waals surface area contributed by atoms with Crippen LogP contribution in [0.2, 0.25) is 0 Å². The number of rotatable bonds is 5. The molecule has 2 atom stereocenters. The molecule has 0 spiro atoms. The van der Waals surface area contributed by atoms with Crippen LogP contribution in [0.25, 0.3) is 0 Å². The Bertz CT molecular complexity index is 417. The summed E-state index contributed by atoms with van der Waals surface area (Å²) in [5, 5.41) is 0. The molecule has 124 valence electrons. The van der Waals surface area contributed by atoms with E-state index in [1.165, 1.54) is 0 Å². The van der Waals surface area contributed by atoms with E-state index in [0.717, 1.165) is 38.8 Å². The Hall–Kier alpha value is -0.210. The fourth-order valence-corrected chi connectivity index (χ4v) is 5.28. The van der Waals surface area contributed by atoms with Gasteiger partial charge in [-0.05, 0) is 26.2 Å². The summed E-state index contributed by atoms with van der Waals surface area (Å²) in [6, 6.07) is 0.512. The van der Waals surface area contributed by atoms with E-state index in [2.05, 4.69) is 11.8 Å².